The highest BCUT2D eigenvalue weighted by Crippen LogP contribution is 2.42. The average molecular weight is 416 g/mol. The molecule has 1 N–H and O–H groups in total. The zero-order valence-electron chi connectivity index (χ0n) is 17.9. The Kier molecular flexibility index (Phi) is 5.01. The van der Waals surface area contributed by atoms with E-state index in [1.165, 1.54) is 4.90 Å². The van der Waals surface area contributed by atoms with E-state index in [1.54, 1.807) is 37.3 Å². The number of amides is 1. The number of anilines is 1. The lowest BCUT2D eigenvalue weighted by atomic mass is 9.85. The molecule has 1 saturated heterocycles. The van der Waals surface area contributed by atoms with Gasteiger partial charge in [0.2, 0.25) is 0 Å². The third-order valence-electron chi connectivity index (χ3n) is 5.45. The van der Waals surface area contributed by atoms with Crippen LogP contribution < -0.4 is 4.90 Å². The van der Waals surface area contributed by atoms with Crippen molar-refractivity contribution in [3.8, 4) is 0 Å². The molecule has 158 valence electrons. The van der Waals surface area contributed by atoms with E-state index in [1.807, 2.05) is 30.3 Å². The Morgan fingerprint density at radius 2 is 1.68 bits per heavy atom. The monoisotopic (exact) mass is 416 g/mol. The van der Waals surface area contributed by atoms with Crippen molar-refractivity contribution in [2.75, 3.05) is 4.90 Å². The van der Waals surface area contributed by atoms with E-state index in [0.29, 0.717) is 16.9 Å². The van der Waals surface area contributed by atoms with Crippen LogP contribution in [0.2, 0.25) is 0 Å². The Balaban J connectivity index is 1.91. The molecule has 0 bridgehead atoms. The molecule has 6 heteroatoms. The molecule has 1 aliphatic heterocycles. The molecular weight excluding hydrogens is 392 g/mol. The van der Waals surface area contributed by atoms with Crippen molar-refractivity contribution in [2.45, 2.75) is 39.2 Å². The van der Waals surface area contributed by atoms with Gasteiger partial charge in [-0.3, -0.25) is 14.5 Å². The number of aliphatic hydroxyl groups excluding tert-OH is 1. The van der Waals surface area contributed by atoms with Crippen molar-refractivity contribution < 1.29 is 19.2 Å². The van der Waals surface area contributed by atoms with Gasteiger partial charge in [-0.2, -0.15) is 0 Å². The first-order valence-corrected chi connectivity index (χ1v) is 10.1. The van der Waals surface area contributed by atoms with Crippen LogP contribution in [0.3, 0.4) is 0 Å². The predicted molar refractivity (Wildman–Crippen MR) is 118 cm³/mol. The van der Waals surface area contributed by atoms with Gasteiger partial charge in [0.15, 0.2) is 5.82 Å². The molecule has 0 aliphatic carbocycles. The Hall–Kier alpha value is -3.67. The summed E-state index contributed by atoms with van der Waals surface area (Å²) in [5, 5.41) is 15.0. The highest BCUT2D eigenvalue weighted by atomic mass is 16.5. The number of aliphatic hydroxyl groups is 1. The Morgan fingerprint density at radius 3 is 2.23 bits per heavy atom. The summed E-state index contributed by atoms with van der Waals surface area (Å²) in [5.74, 6) is -0.979. The van der Waals surface area contributed by atoms with Gasteiger partial charge in [-0.1, -0.05) is 80.5 Å². The van der Waals surface area contributed by atoms with Crippen LogP contribution in [0.15, 0.2) is 70.8 Å². The number of aromatic nitrogens is 1. The average Bonchev–Trinajstić information content (AvgIpc) is 3.28. The maximum Gasteiger partial charge on any atom is 0.301 e. The third-order valence-corrected chi connectivity index (χ3v) is 5.45. The molecule has 3 aromatic rings. The van der Waals surface area contributed by atoms with Crippen LogP contribution in [0.25, 0.3) is 5.76 Å². The zero-order chi connectivity index (χ0) is 22.3. The fourth-order valence-corrected chi connectivity index (χ4v) is 3.77. The van der Waals surface area contributed by atoms with E-state index < -0.39 is 17.7 Å². The number of carbonyl (C=O) groups is 2. The van der Waals surface area contributed by atoms with Crippen LogP contribution in [0, 0.1) is 6.92 Å². The molecule has 0 saturated carbocycles. The fourth-order valence-electron chi connectivity index (χ4n) is 3.77. The lowest BCUT2D eigenvalue weighted by Gasteiger charge is -2.24. The van der Waals surface area contributed by atoms with Crippen molar-refractivity contribution in [3.63, 3.8) is 0 Å². The Bertz CT molecular complexity index is 1170. The summed E-state index contributed by atoms with van der Waals surface area (Å²) in [5.41, 5.74) is 2.26. The number of hydrogen-bond acceptors (Lipinski definition) is 5. The summed E-state index contributed by atoms with van der Waals surface area (Å²) in [7, 11) is 0. The summed E-state index contributed by atoms with van der Waals surface area (Å²) < 4.78 is 5.16. The van der Waals surface area contributed by atoms with E-state index in [4.69, 9.17) is 4.52 Å². The van der Waals surface area contributed by atoms with Crippen molar-refractivity contribution >= 4 is 23.3 Å². The number of ketones is 1. The minimum Gasteiger partial charge on any atom is -0.507 e. The summed E-state index contributed by atoms with van der Waals surface area (Å²) >= 11 is 0. The van der Waals surface area contributed by atoms with E-state index >= 15 is 0 Å². The van der Waals surface area contributed by atoms with Gasteiger partial charge in [0.25, 0.3) is 5.78 Å². The van der Waals surface area contributed by atoms with Crippen molar-refractivity contribution in [1.82, 2.24) is 5.16 Å². The van der Waals surface area contributed by atoms with E-state index in [9.17, 15) is 14.7 Å². The molecule has 6 nitrogen and oxygen atoms in total. The number of Topliss-reactive ketones (excluding diaryl/α,β-unsaturated/α-hetero) is 1. The largest absolute Gasteiger partial charge is 0.507 e. The molecule has 4 rings (SSSR count). The second-order valence-electron chi connectivity index (χ2n) is 8.70. The Morgan fingerprint density at radius 1 is 1.03 bits per heavy atom. The highest BCUT2D eigenvalue weighted by molar-refractivity contribution is 6.51. The molecule has 1 amide bonds. The second-order valence-corrected chi connectivity index (χ2v) is 8.70. The molecule has 2 heterocycles. The second kappa shape index (κ2) is 7.54. The van der Waals surface area contributed by atoms with Crippen molar-refractivity contribution in [2.24, 2.45) is 0 Å². The third kappa shape index (κ3) is 3.65. The van der Waals surface area contributed by atoms with Crippen LogP contribution in [0.4, 0.5) is 5.82 Å². The standard InChI is InChI=1S/C25H24N2O4/c1-15-14-19(26-31-15)27-21(16-10-12-18(13-11-16)25(2,3)4)20(23(29)24(27)30)22(28)17-8-6-5-7-9-17/h5-14,21,28H,1-4H3/t21-/m0/s1. The van der Waals surface area contributed by atoms with E-state index in [0.717, 1.165) is 5.56 Å². The van der Waals surface area contributed by atoms with Crippen molar-refractivity contribution in [1.29, 1.82) is 0 Å². The Labute approximate surface area is 180 Å². The minimum absolute atomic E-state index is 0.0281. The zero-order valence-corrected chi connectivity index (χ0v) is 17.9. The van der Waals surface area contributed by atoms with Gasteiger partial charge in [0.05, 0.1) is 11.6 Å². The first-order chi connectivity index (χ1) is 14.7. The number of carbonyl (C=O) groups excluding carboxylic acids is 2. The molecule has 0 spiro atoms. The first-order valence-electron chi connectivity index (χ1n) is 10.1. The SMILES string of the molecule is Cc1cc(N2C(=O)C(=O)C(=C(O)c3ccccc3)[C@@H]2c2ccc(C(C)(C)C)cc2)no1. The molecule has 1 aromatic heterocycles. The van der Waals surface area contributed by atoms with Crippen LogP contribution in [0.1, 0.15) is 49.3 Å². The normalized spacial score (nSPS) is 18.6. The summed E-state index contributed by atoms with van der Waals surface area (Å²) in [6.07, 6.45) is 0. The van der Waals surface area contributed by atoms with Crippen LogP contribution in [-0.4, -0.2) is 22.0 Å². The number of rotatable bonds is 3. The molecule has 0 radical (unpaired) electrons. The molecule has 31 heavy (non-hydrogen) atoms. The molecule has 1 aliphatic rings. The van der Waals surface area contributed by atoms with E-state index in [-0.39, 0.29) is 22.6 Å². The first kappa shape index (κ1) is 20.6. The number of hydrogen-bond donors (Lipinski definition) is 1. The minimum atomic E-state index is -0.821. The molecule has 1 atom stereocenters. The lowest BCUT2D eigenvalue weighted by molar-refractivity contribution is -0.132. The maximum atomic E-state index is 13.1. The van der Waals surface area contributed by atoms with Crippen LogP contribution >= 0.6 is 0 Å². The van der Waals surface area contributed by atoms with Gasteiger partial charge >= 0.3 is 5.91 Å². The molecular formula is C25H24N2O4. The smallest absolute Gasteiger partial charge is 0.301 e. The number of nitrogens with zero attached hydrogens (tertiary/aromatic N) is 2. The van der Waals surface area contributed by atoms with Gasteiger partial charge in [0, 0.05) is 11.6 Å². The molecule has 2 aromatic carbocycles. The molecule has 0 unspecified atom stereocenters. The maximum absolute atomic E-state index is 13.1. The number of aryl methyl sites for hydroxylation is 1. The fraction of sp³-hybridized carbons (Fsp3) is 0.240. The quantitative estimate of drug-likeness (QED) is 0.373. The van der Waals surface area contributed by atoms with Gasteiger partial charge in [-0.25, -0.2) is 0 Å². The lowest BCUT2D eigenvalue weighted by Crippen LogP contribution is -2.29. The predicted octanol–water partition coefficient (Wildman–Crippen LogP) is 4.91. The number of benzene rings is 2. The summed E-state index contributed by atoms with van der Waals surface area (Å²) in [6, 6.07) is 17.2. The summed E-state index contributed by atoms with van der Waals surface area (Å²) in [6.45, 7) is 8.05. The van der Waals surface area contributed by atoms with Gasteiger partial charge < -0.3 is 9.63 Å². The van der Waals surface area contributed by atoms with Gasteiger partial charge in [-0.15, -0.1) is 0 Å². The van der Waals surface area contributed by atoms with Crippen molar-refractivity contribution in [3.05, 3.63) is 88.7 Å². The highest BCUT2D eigenvalue weighted by Gasteiger charge is 2.48. The summed E-state index contributed by atoms with van der Waals surface area (Å²) in [4.78, 5) is 27.4. The van der Waals surface area contributed by atoms with Crippen LogP contribution in [0.5, 0.6) is 0 Å². The van der Waals surface area contributed by atoms with Crippen LogP contribution in [-0.2, 0) is 15.0 Å². The van der Waals surface area contributed by atoms with Gasteiger partial charge in [0.1, 0.15) is 11.5 Å². The van der Waals surface area contributed by atoms with Gasteiger partial charge in [-0.05, 0) is 23.5 Å². The van der Waals surface area contributed by atoms with E-state index in [2.05, 4.69) is 25.9 Å². The topological polar surface area (TPSA) is 83.6 Å². The molecule has 1 fully saturated rings.